The lowest BCUT2D eigenvalue weighted by molar-refractivity contribution is 1.01. The summed E-state index contributed by atoms with van der Waals surface area (Å²) < 4.78 is 0. The maximum absolute atomic E-state index is 5.63. The van der Waals surface area contributed by atoms with Gasteiger partial charge in [0.25, 0.3) is 0 Å². The molecule has 0 saturated carbocycles. The van der Waals surface area contributed by atoms with Gasteiger partial charge in [-0.25, -0.2) is 0 Å². The first-order valence-electron chi connectivity index (χ1n) is 2.77. The van der Waals surface area contributed by atoms with Crippen molar-refractivity contribution in [2.45, 2.75) is 15.9 Å². The lowest BCUT2D eigenvalue weighted by atomic mass is 10.8. The van der Waals surface area contributed by atoms with Crippen LogP contribution in [0, 0.1) is 0 Å². The Morgan fingerprint density at radius 3 is 2.86 bits per heavy atom. The van der Waals surface area contributed by atoms with E-state index in [2.05, 4.69) is 0 Å². The molecular formula is C4H10AlNS. The smallest absolute Gasteiger partial charge is 0.242 e. The predicted molar refractivity (Wildman–Crippen MR) is 37.2 cm³/mol. The topological polar surface area (TPSA) is 26.0 Å². The second kappa shape index (κ2) is 2.99. The van der Waals surface area contributed by atoms with E-state index in [4.69, 9.17) is 5.73 Å². The van der Waals surface area contributed by atoms with Crippen molar-refractivity contribution >= 4 is 27.0 Å². The summed E-state index contributed by atoms with van der Waals surface area (Å²) in [5.41, 5.74) is 5.63. The highest BCUT2D eigenvalue weighted by Gasteiger charge is 2.09. The molecule has 2 N–H and O–H groups in total. The molecule has 1 heterocycles. The lowest BCUT2D eigenvalue weighted by Crippen LogP contribution is -2.21. The van der Waals surface area contributed by atoms with E-state index in [0.29, 0.717) is 20.6 Å². The van der Waals surface area contributed by atoms with Crippen LogP contribution in [0.15, 0.2) is 0 Å². The molecule has 1 unspecified atom stereocenters. The van der Waals surface area contributed by atoms with Crippen LogP contribution < -0.4 is 5.73 Å². The van der Waals surface area contributed by atoms with Crippen molar-refractivity contribution in [1.82, 2.24) is 0 Å². The van der Waals surface area contributed by atoms with Gasteiger partial charge in [0.05, 0.1) is 0 Å². The van der Waals surface area contributed by atoms with Gasteiger partial charge < -0.3 is 5.73 Å². The summed E-state index contributed by atoms with van der Waals surface area (Å²) >= 11 is 2.25. The average molecular weight is 131 g/mol. The van der Waals surface area contributed by atoms with E-state index in [-0.39, 0.29) is 0 Å². The number of rotatable bonds is 0. The molecule has 1 aliphatic heterocycles. The maximum atomic E-state index is 5.63. The highest BCUT2D eigenvalue weighted by molar-refractivity contribution is 8.00. The third-order valence-corrected chi connectivity index (χ3v) is 5.22. The fourth-order valence-electron chi connectivity index (χ4n) is 0.766. The third kappa shape index (κ3) is 2.05. The van der Waals surface area contributed by atoms with Crippen molar-refractivity contribution < 1.29 is 0 Å². The number of hydrogen-bond donors (Lipinski definition) is 1. The molecule has 1 aliphatic rings. The summed E-state index contributed by atoms with van der Waals surface area (Å²) in [7, 11) is 0. The van der Waals surface area contributed by atoms with Crippen LogP contribution in [0.1, 0.15) is 0 Å². The molecule has 0 radical (unpaired) electrons. The van der Waals surface area contributed by atoms with Crippen molar-refractivity contribution in [3.63, 3.8) is 0 Å². The highest BCUT2D eigenvalue weighted by atomic mass is 32.2. The van der Waals surface area contributed by atoms with Gasteiger partial charge in [0, 0.05) is 5.37 Å². The van der Waals surface area contributed by atoms with Gasteiger partial charge >= 0.3 is 0 Å². The molecule has 1 atom stereocenters. The molecule has 1 rings (SSSR count). The molecule has 0 aromatic rings. The first kappa shape index (κ1) is 5.97. The average Bonchev–Trinajstić information content (AvgIpc) is 1.69. The molecule has 0 bridgehead atoms. The molecule has 0 aromatic heterocycles. The normalized spacial score (nSPS) is 31.9. The van der Waals surface area contributed by atoms with Gasteiger partial charge in [0.15, 0.2) is 0 Å². The molecule has 0 aliphatic carbocycles. The van der Waals surface area contributed by atoms with Crippen molar-refractivity contribution in [2.24, 2.45) is 5.73 Å². The summed E-state index contributed by atoms with van der Waals surface area (Å²) in [6.45, 7) is 0. The van der Waals surface area contributed by atoms with Crippen LogP contribution >= 0.6 is 11.8 Å². The Hall–Kier alpha value is 0.842. The van der Waals surface area contributed by atoms with E-state index in [1.165, 1.54) is 16.3 Å². The van der Waals surface area contributed by atoms with Crippen molar-refractivity contribution in [2.75, 3.05) is 5.75 Å². The fourth-order valence-corrected chi connectivity index (χ4v) is 4.41. The van der Waals surface area contributed by atoms with Crippen molar-refractivity contribution in [3.05, 3.63) is 0 Å². The lowest BCUT2D eigenvalue weighted by Gasteiger charge is -2.14. The number of thioether (sulfide) groups is 1. The zero-order valence-electron chi connectivity index (χ0n) is 4.39. The SMILES string of the molecule is NC1[CH2][AlH][CH2]CS1. The predicted octanol–water partition coefficient (Wildman–Crippen LogP) is 0.291. The van der Waals surface area contributed by atoms with Gasteiger partial charge in [-0.15, -0.1) is 11.8 Å². The number of hydrogen-bond acceptors (Lipinski definition) is 2. The molecular weight excluding hydrogens is 121 g/mol. The van der Waals surface area contributed by atoms with Crippen LogP contribution in [0.5, 0.6) is 0 Å². The molecule has 1 fully saturated rings. The van der Waals surface area contributed by atoms with E-state index in [9.17, 15) is 0 Å². The monoisotopic (exact) mass is 131 g/mol. The molecule has 3 heteroatoms. The van der Waals surface area contributed by atoms with Crippen molar-refractivity contribution in [3.8, 4) is 0 Å². The zero-order chi connectivity index (χ0) is 5.11. The molecule has 1 saturated heterocycles. The molecule has 40 valence electrons. The first-order valence-corrected chi connectivity index (χ1v) is 5.81. The second-order valence-electron chi connectivity index (χ2n) is 1.91. The van der Waals surface area contributed by atoms with E-state index in [0.717, 1.165) is 0 Å². The van der Waals surface area contributed by atoms with Gasteiger partial charge in [0.1, 0.15) is 0 Å². The quantitative estimate of drug-likeness (QED) is 0.478. The van der Waals surface area contributed by atoms with Gasteiger partial charge in [-0.2, -0.15) is 0 Å². The molecule has 7 heavy (non-hydrogen) atoms. The first-order chi connectivity index (χ1) is 3.39. The minimum Gasteiger partial charge on any atom is -0.320 e. The maximum Gasteiger partial charge on any atom is 0.242 e. The van der Waals surface area contributed by atoms with Crippen LogP contribution in [0.2, 0.25) is 10.6 Å². The van der Waals surface area contributed by atoms with Crippen molar-refractivity contribution in [1.29, 1.82) is 0 Å². The molecule has 0 spiro atoms. The third-order valence-electron chi connectivity index (χ3n) is 1.21. The van der Waals surface area contributed by atoms with Gasteiger partial charge in [-0.05, 0) is 5.75 Å². The Labute approximate surface area is 54.7 Å². The van der Waals surface area contributed by atoms with E-state index in [1.54, 1.807) is 0 Å². The standard InChI is InChI=1S/C4H9NS.Al.H/c1-3-6-4(2)5;;/h4H,1-3,5H2;;. The van der Waals surface area contributed by atoms with Crippen LogP contribution in [-0.2, 0) is 0 Å². The van der Waals surface area contributed by atoms with E-state index >= 15 is 0 Å². The van der Waals surface area contributed by atoms with Gasteiger partial charge in [0.2, 0.25) is 15.2 Å². The summed E-state index contributed by atoms with van der Waals surface area (Å²) in [5.74, 6) is 1.34. The van der Waals surface area contributed by atoms with E-state index < -0.39 is 0 Å². The van der Waals surface area contributed by atoms with Crippen LogP contribution in [0.3, 0.4) is 0 Å². The Morgan fingerprint density at radius 1 is 1.71 bits per heavy atom. The summed E-state index contributed by atoms with van der Waals surface area (Å²) in [4.78, 5) is 0. The fraction of sp³-hybridized carbons (Fsp3) is 1.00. The Balaban J connectivity index is 2.12. The van der Waals surface area contributed by atoms with Gasteiger partial charge in [-0.3, -0.25) is 0 Å². The minimum atomic E-state index is 0.315. The molecule has 0 aromatic carbocycles. The Morgan fingerprint density at radius 2 is 2.57 bits per heavy atom. The summed E-state index contributed by atoms with van der Waals surface area (Å²) in [6, 6.07) is 0. The van der Waals surface area contributed by atoms with Crippen LogP contribution in [0.4, 0.5) is 0 Å². The Kier molecular flexibility index (Phi) is 2.55. The van der Waals surface area contributed by atoms with Crippen LogP contribution in [0.25, 0.3) is 0 Å². The molecule has 0 amide bonds. The van der Waals surface area contributed by atoms with E-state index in [1.807, 2.05) is 11.8 Å². The summed E-state index contributed by atoms with van der Waals surface area (Å²) in [5, 5.41) is 3.39. The Bertz CT molecular complexity index is 53.7. The zero-order valence-corrected chi connectivity index (χ0v) is 6.62. The van der Waals surface area contributed by atoms with Crippen LogP contribution in [-0.4, -0.2) is 26.3 Å². The van der Waals surface area contributed by atoms with Gasteiger partial charge in [-0.1, -0.05) is 10.6 Å². The second-order valence-corrected chi connectivity index (χ2v) is 5.24. The largest absolute Gasteiger partial charge is 0.320 e. The number of nitrogens with two attached hydrogens (primary N) is 1. The highest BCUT2D eigenvalue weighted by Crippen LogP contribution is 2.16. The summed E-state index contributed by atoms with van der Waals surface area (Å²) in [6.07, 6.45) is 0. The minimum absolute atomic E-state index is 0.315. The molecule has 1 nitrogen and oxygen atoms in total.